The fourth-order valence-electron chi connectivity index (χ4n) is 5.49. The predicted molar refractivity (Wildman–Crippen MR) is 160 cm³/mol. The number of carbonyl (C=O) groups excluding carboxylic acids is 3. The van der Waals surface area contributed by atoms with E-state index < -0.39 is 23.8 Å². The van der Waals surface area contributed by atoms with E-state index in [1.807, 2.05) is 18.2 Å². The van der Waals surface area contributed by atoms with Gasteiger partial charge in [-0.25, -0.2) is 9.48 Å². The van der Waals surface area contributed by atoms with Crippen LogP contribution >= 0.6 is 0 Å². The number of anilines is 1. The summed E-state index contributed by atoms with van der Waals surface area (Å²) in [7, 11) is 1.43. The third-order valence-corrected chi connectivity index (χ3v) is 7.59. The van der Waals surface area contributed by atoms with Gasteiger partial charge in [-0.15, -0.1) is 5.10 Å². The molecule has 43 heavy (non-hydrogen) atoms. The van der Waals surface area contributed by atoms with E-state index in [1.165, 1.54) is 28.8 Å². The second kappa shape index (κ2) is 13.4. The number of amides is 2. The minimum atomic E-state index is -1.20. The Morgan fingerprint density at radius 3 is 2.58 bits per heavy atom. The van der Waals surface area contributed by atoms with Gasteiger partial charge in [0.25, 0.3) is 0 Å². The summed E-state index contributed by atoms with van der Waals surface area (Å²) in [5, 5.41) is 22.2. The number of para-hydroxylation sites is 1. The zero-order valence-electron chi connectivity index (χ0n) is 24.2. The molecule has 11 heteroatoms. The lowest BCUT2D eigenvalue weighted by Crippen LogP contribution is -2.48. The molecular weight excluding hydrogens is 550 g/mol. The van der Waals surface area contributed by atoms with Crippen LogP contribution in [0.2, 0.25) is 0 Å². The lowest BCUT2D eigenvalue weighted by Gasteiger charge is -2.33. The minimum absolute atomic E-state index is 0.0438. The van der Waals surface area contributed by atoms with E-state index in [1.54, 1.807) is 43.3 Å². The van der Waals surface area contributed by atoms with Gasteiger partial charge in [0.05, 0.1) is 24.8 Å². The van der Waals surface area contributed by atoms with Crippen LogP contribution in [0.1, 0.15) is 61.0 Å². The smallest absolute Gasteiger partial charge is 0.338 e. The first-order chi connectivity index (χ1) is 20.9. The first kappa shape index (κ1) is 29.6. The summed E-state index contributed by atoms with van der Waals surface area (Å²) in [6.45, 7) is 1.66. The van der Waals surface area contributed by atoms with Crippen LogP contribution in [0.4, 0.5) is 5.69 Å². The van der Waals surface area contributed by atoms with Crippen molar-refractivity contribution in [3.8, 4) is 11.5 Å². The van der Waals surface area contributed by atoms with Gasteiger partial charge in [-0.05, 0) is 67.8 Å². The molecule has 0 saturated heterocycles. The summed E-state index contributed by atoms with van der Waals surface area (Å²) in [4.78, 5) is 42.5. The number of phenolic OH excluding ortho intramolecular Hbond substituents is 1. The molecule has 1 fully saturated rings. The van der Waals surface area contributed by atoms with Gasteiger partial charge >= 0.3 is 5.97 Å². The summed E-state index contributed by atoms with van der Waals surface area (Å²) >= 11 is 0. The Kier molecular flexibility index (Phi) is 9.19. The molecular formula is C32H35N5O6. The second-order valence-electron chi connectivity index (χ2n) is 10.4. The van der Waals surface area contributed by atoms with E-state index in [0.29, 0.717) is 22.3 Å². The number of benzene rings is 3. The zero-order chi connectivity index (χ0) is 30.3. The highest BCUT2D eigenvalue weighted by Crippen LogP contribution is 2.35. The van der Waals surface area contributed by atoms with Gasteiger partial charge < -0.3 is 19.9 Å². The summed E-state index contributed by atoms with van der Waals surface area (Å²) in [6.07, 6.45) is 4.79. The van der Waals surface area contributed by atoms with Crippen molar-refractivity contribution in [2.45, 2.75) is 57.7 Å². The van der Waals surface area contributed by atoms with Gasteiger partial charge in [0.2, 0.25) is 11.8 Å². The maximum Gasteiger partial charge on any atom is 0.338 e. The van der Waals surface area contributed by atoms with Crippen molar-refractivity contribution in [2.24, 2.45) is 0 Å². The summed E-state index contributed by atoms with van der Waals surface area (Å²) in [5.41, 5.74) is 2.18. The highest BCUT2D eigenvalue weighted by molar-refractivity contribution is 6.02. The number of hydrogen-bond acceptors (Lipinski definition) is 8. The van der Waals surface area contributed by atoms with Crippen molar-refractivity contribution in [2.75, 3.05) is 18.6 Å². The Hall–Kier alpha value is -4.93. The summed E-state index contributed by atoms with van der Waals surface area (Å²) in [5.74, 6) is -1.38. The Balaban J connectivity index is 1.62. The molecule has 1 heterocycles. The SMILES string of the molecule is CCOC(=O)c1cccc(N(C(=O)Cn2nnc3ccccc32)[C@H](C(=O)NC2CCCCC2)c2ccc(OC)c(O)c2)c1. The average Bonchev–Trinajstić information content (AvgIpc) is 3.42. The van der Waals surface area contributed by atoms with E-state index >= 15 is 0 Å². The molecule has 1 saturated carbocycles. The molecule has 0 unspecified atom stereocenters. The van der Waals surface area contributed by atoms with Crippen LogP contribution in [0.25, 0.3) is 11.0 Å². The quantitative estimate of drug-likeness (QED) is 0.259. The van der Waals surface area contributed by atoms with Crippen molar-refractivity contribution >= 4 is 34.5 Å². The molecule has 0 radical (unpaired) electrons. The van der Waals surface area contributed by atoms with E-state index in [0.717, 1.165) is 32.1 Å². The number of rotatable bonds is 10. The van der Waals surface area contributed by atoms with Gasteiger partial charge in [-0.3, -0.25) is 14.5 Å². The third kappa shape index (κ3) is 6.61. The largest absolute Gasteiger partial charge is 0.504 e. The van der Waals surface area contributed by atoms with E-state index in [4.69, 9.17) is 9.47 Å². The molecule has 2 N–H and O–H groups in total. The number of fused-ring (bicyclic) bond motifs is 1. The van der Waals surface area contributed by atoms with E-state index in [2.05, 4.69) is 15.6 Å². The Labute approximate surface area is 249 Å². The molecule has 1 atom stereocenters. The Bertz CT molecular complexity index is 1610. The Morgan fingerprint density at radius 2 is 1.84 bits per heavy atom. The highest BCUT2D eigenvalue weighted by atomic mass is 16.5. The normalized spacial score (nSPS) is 14.2. The number of hydrogen-bond donors (Lipinski definition) is 2. The van der Waals surface area contributed by atoms with Crippen LogP contribution in [-0.4, -0.2) is 57.6 Å². The van der Waals surface area contributed by atoms with Crippen LogP contribution in [0.15, 0.2) is 66.7 Å². The molecule has 1 aromatic heterocycles. The molecule has 5 rings (SSSR count). The lowest BCUT2D eigenvalue weighted by atomic mass is 9.94. The number of aromatic hydroxyl groups is 1. The number of phenols is 1. The van der Waals surface area contributed by atoms with Gasteiger partial charge in [-0.1, -0.05) is 48.7 Å². The fourth-order valence-corrected chi connectivity index (χ4v) is 5.49. The summed E-state index contributed by atoms with van der Waals surface area (Å²) < 4.78 is 11.9. The van der Waals surface area contributed by atoms with Crippen LogP contribution < -0.4 is 15.0 Å². The number of nitrogens with zero attached hydrogens (tertiary/aromatic N) is 4. The maximum atomic E-state index is 14.3. The van der Waals surface area contributed by atoms with Crippen LogP contribution in [0.3, 0.4) is 0 Å². The van der Waals surface area contributed by atoms with Crippen LogP contribution in [0, 0.1) is 0 Å². The van der Waals surface area contributed by atoms with Gasteiger partial charge in [0.1, 0.15) is 18.1 Å². The number of nitrogens with one attached hydrogen (secondary N) is 1. The molecule has 224 valence electrons. The van der Waals surface area contributed by atoms with E-state index in [-0.39, 0.29) is 36.3 Å². The zero-order valence-corrected chi connectivity index (χ0v) is 24.2. The molecule has 0 aliphatic heterocycles. The molecule has 0 spiro atoms. The lowest BCUT2D eigenvalue weighted by molar-refractivity contribution is -0.127. The second-order valence-corrected chi connectivity index (χ2v) is 10.4. The molecule has 2 amide bonds. The molecule has 1 aliphatic rings. The van der Waals surface area contributed by atoms with E-state index in [9.17, 15) is 19.5 Å². The standard InChI is InChI=1S/C32H35N5O6/c1-3-43-32(41)22-10-9-13-24(18-22)37(29(39)20-36-26-15-8-7-14-25(26)34-35-36)30(21-16-17-28(42-2)27(38)19-21)31(40)33-23-11-5-4-6-12-23/h7-10,13-19,23,30,38H,3-6,11-12,20H2,1-2H3,(H,33,40)/t30-/m0/s1. The van der Waals surface area contributed by atoms with Gasteiger partial charge in [0, 0.05) is 11.7 Å². The average molecular weight is 586 g/mol. The summed E-state index contributed by atoms with van der Waals surface area (Å²) in [6, 6.07) is 17.0. The highest BCUT2D eigenvalue weighted by Gasteiger charge is 2.35. The van der Waals surface area contributed by atoms with Crippen molar-refractivity contribution in [3.63, 3.8) is 0 Å². The molecule has 4 aromatic rings. The monoisotopic (exact) mass is 585 g/mol. The number of methoxy groups -OCH3 is 1. The molecule has 0 bridgehead atoms. The minimum Gasteiger partial charge on any atom is -0.504 e. The fraction of sp³-hybridized carbons (Fsp3) is 0.344. The molecule has 3 aromatic carbocycles. The van der Waals surface area contributed by atoms with Crippen molar-refractivity contribution < 1.29 is 29.0 Å². The molecule has 1 aliphatic carbocycles. The first-order valence-electron chi connectivity index (χ1n) is 14.4. The number of carbonyl (C=O) groups is 3. The Morgan fingerprint density at radius 1 is 1.05 bits per heavy atom. The van der Waals surface area contributed by atoms with Crippen LogP contribution in [-0.2, 0) is 20.9 Å². The van der Waals surface area contributed by atoms with Crippen molar-refractivity contribution in [1.29, 1.82) is 0 Å². The predicted octanol–water partition coefficient (Wildman–Crippen LogP) is 4.55. The number of aromatic nitrogens is 3. The van der Waals surface area contributed by atoms with Gasteiger partial charge in [0.15, 0.2) is 11.5 Å². The van der Waals surface area contributed by atoms with Crippen molar-refractivity contribution in [3.05, 3.63) is 77.9 Å². The first-order valence-corrected chi connectivity index (χ1v) is 14.4. The number of esters is 1. The topological polar surface area (TPSA) is 136 Å². The third-order valence-electron chi connectivity index (χ3n) is 7.59. The van der Waals surface area contributed by atoms with Crippen molar-refractivity contribution in [1.82, 2.24) is 20.3 Å². The molecule has 11 nitrogen and oxygen atoms in total. The maximum absolute atomic E-state index is 14.3. The van der Waals surface area contributed by atoms with Crippen LogP contribution in [0.5, 0.6) is 11.5 Å². The van der Waals surface area contributed by atoms with Gasteiger partial charge in [-0.2, -0.15) is 0 Å². The number of ether oxygens (including phenoxy) is 2.